The van der Waals surface area contributed by atoms with E-state index >= 15 is 0 Å². The maximum Gasteiger partial charge on any atom is 0.222 e. The first-order valence-corrected chi connectivity index (χ1v) is 11.8. The number of nitrogens with zero attached hydrogens (tertiary/aromatic N) is 1. The molecule has 1 fully saturated rings. The molecule has 0 unspecified atom stereocenters. The van der Waals surface area contributed by atoms with Crippen LogP contribution >= 0.6 is 0 Å². The monoisotopic (exact) mass is 441 g/mol. The fourth-order valence-electron chi connectivity index (χ4n) is 3.59. The number of ether oxygens (including phenoxy) is 3. The standard InChI is InChI=1S/C24H43NO6/c1-17(2)23(27)11-12-29-16-21(26)9-7-8-10-24(28)25-14-22(31-19(5)6)13-20(25)15-30-18(3)4/h17-20,22H,7-16H2,1-6H3/t20-,22+/m0/s1. The summed E-state index contributed by atoms with van der Waals surface area (Å²) in [5.74, 6) is 0.254. The van der Waals surface area contributed by atoms with Crippen molar-refractivity contribution in [3.05, 3.63) is 0 Å². The first kappa shape index (κ1) is 27.7. The molecule has 1 heterocycles. The second kappa shape index (κ2) is 14.7. The molecule has 1 amide bonds. The van der Waals surface area contributed by atoms with Crippen LogP contribution in [0.4, 0.5) is 0 Å². The minimum Gasteiger partial charge on any atom is -0.377 e. The van der Waals surface area contributed by atoms with Gasteiger partial charge in [0.05, 0.1) is 37.6 Å². The molecule has 0 aromatic heterocycles. The van der Waals surface area contributed by atoms with Gasteiger partial charge < -0.3 is 19.1 Å². The predicted molar refractivity (Wildman–Crippen MR) is 120 cm³/mol. The van der Waals surface area contributed by atoms with Crippen LogP contribution in [0.5, 0.6) is 0 Å². The summed E-state index contributed by atoms with van der Waals surface area (Å²) in [5.41, 5.74) is 0. The van der Waals surface area contributed by atoms with Crippen LogP contribution in [0.3, 0.4) is 0 Å². The first-order valence-electron chi connectivity index (χ1n) is 11.8. The van der Waals surface area contributed by atoms with Crippen molar-refractivity contribution in [2.24, 2.45) is 5.92 Å². The van der Waals surface area contributed by atoms with Crippen LogP contribution in [-0.2, 0) is 28.6 Å². The van der Waals surface area contributed by atoms with Crippen molar-refractivity contribution in [2.45, 2.75) is 104 Å². The molecule has 1 rings (SSSR count). The molecule has 7 heteroatoms. The number of Topliss-reactive ketones (excluding diaryl/α,β-unsaturated/α-hetero) is 2. The summed E-state index contributed by atoms with van der Waals surface area (Å²) >= 11 is 0. The molecule has 0 N–H and O–H groups in total. The Morgan fingerprint density at radius 2 is 1.61 bits per heavy atom. The lowest BCUT2D eigenvalue weighted by atomic mass is 10.1. The normalized spacial score (nSPS) is 19.1. The number of amides is 1. The second-order valence-electron chi connectivity index (χ2n) is 9.29. The number of carbonyl (C=O) groups excluding carboxylic acids is 3. The van der Waals surface area contributed by atoms with Gasteiger partial charge in [-0.15, -0.1) is 0 Å². The number of rotatable bonds is 16. The van der Waals surface area contributed by atoms with Gasteiger partial charge in [-0.3, -0.25) is 14.4 Å². The molecular weight excluding hydrogens is 398 g/mol. The van der Waals surface area contributed by atoms with Gasteiger partial charge >= 0.3 is 0 Å². The first-order chi connectivity index (χ1) is 14.6. The number of likely N-dealkylation sites (tertiary alicyclic amines) is 1. The van der Waals surface area contributed by atoms with Gasteiger partial charge in [0, 0.05) is 31.7 Å². The Hall–Kier alpha value is -1.31. The van der Waals surface area contributed by atoms with Crippen molar-refractivity contribution < 1.29 is 28.6 Å². The quantitative estimate of drug-likeness (QED) is 0.341. The topological polar surface area (TPSA) is 82.1 Å². The Balaban J connectivity index is 2.30. The molecule has 0 aromatic carbocycles. The van der Waals surface area contributed by atoms with Crippen LogP contribution in [0.25, 0.3) is 0 Å². The highest BCUT2D eigenvalue weighted by atomic mass is 16.5. The largest absolute Gasteiger partial charge is 0.377 e. The van der Waals surface area contributed by atoms with Crippen molar-refractivity contribution in [1.29, 1.82) is 0 Å². The van der Waals surface area contributed by atoms with E-state index in [-0.39, 0.29) is 61.0 Å². The Labute approximate surface area is 188 Å². The van der Waals surface area contributed by atoms with Gasteiger partial charge in [-0.05, 0) is 47.0 Å². The van der Waals surface area contributed by atoms with E-state index in [0.717, 1.165) is 6.42 Å². The third kappa shape index (κ3) is 11.8. The van der Waals surface area contributed by atoms with E-state index in [9.17, 15) is 14.4 Å². The Morgan fingerprint density at radius 3 is 2.23 bits per heavy atom. The third-order valence-corrected chi connectivity index (χ3v) is 5.28. The van der Waals surface area contributed by atoms with Gasteiger partial charge in [0.25, 0.3) is 0 Å². The summed E-state index contributed by atoms with van der Waals surface area (Å²) in [6, 6.07) is 0.0437. The lowest BCUT2D eigenvalue weighted by Gasteiger charge is -2.25. The molecular formula is C24H43NO6. The molecule has 180 valence electrons. The van der Waals surface area contributed by atoms with Crippen LogP contribution in [0.15, 0.2) is 0 Å². The average Bonchev–Trinajstić information content (AvgIpc) is 3.08. The predicted octanol–water partition coefficient (Wildman–Crippen LogP) is 3.57. The second-order valence-corrected chi connectivity index (χ2v) is 9.29. The van der Waals surface area contributed by atoms with Gasteiger partial charge in [-0.2, -0.15) is 0 Å². The van der Waals surface area contributed by atoms with Crippen LogP contribution in [0, 0.1) is 5.92 Å². The van der Waals surface area contributed by atoms with Gasteiger partial charge in [0.2, 0.25) is 5.91 Å². The molecule has 1 aliphatic heterocycles. The van der Waals surface area contributed by atoms with Gasteiger partial charge in [-0.1, -0.05) is 13.8 Å². The minimum atomic E-state index is -0.00352. The Morgan fingerprint density at radius 1 is 0.935 bits per heavy atom. The molecule has 7 nitrogen and oxygen atoms in total. The van der Waals surface area contributed by atoms with Crippen LogP contribution < -0.4 is 0 Å². The van der Waals surface area contributed by atoms with Crippen molar-refractivity contribution in [2.75, 3.05) is 26.4 Å². The molecule has 31 heavy (non-hydrogen) atoms. The van der Waals surface area contributed by atoms with E-state index < -0.39 is 0 Å². The van der Waals surface area contributed by atoms with Gasteiger partial charge in [0.15, 0.2) is 5.78 Å². The fraction of sp³-hybridized carbons (Fsp3) is 0.875. The third-order valence-electron chi connectivity index (χ3n) is 5.28. The summed E-state index contributed by atoms with van der Waals surface area (Å²) in [4.78, 5) is 38.1. The molecule has 0 radical (unpaired) electrons. The van der Waals surface area contributed by atoms with Crippen LogP contribution in [0.1, 0.15) is 80.1 Å². The molecule has 1 saturated heterocycles. The van der Waals surface area contributed by atoms with Crippen molar-refractivity contribution in [3.63, 3.8) is 0 Å². The Bertz CT molecular complexity index is 560. The summed E-state index contributed by atoms with van der Waals surface area (Å²) < 4.78 is 17.0. The summed E-state index contributed by atoms with van der Waals surface area (Å²) in [6.45, 7) is 13.2. The van der Waals surface area contributed by atoms with Gasteiger partial charge in [0.1, 0.15) is 12.4 Å². The zero-order valence-corrected chi connectivity index (χ0v) is 20.4. The number of hydrogen-bond acceptors (Lipinski definition) is 6. The highest BCUT2D eigenvalue weighted by molar-refractivity contribution is 5.81. The number of unbranched alkanes of at least 4 members (excludes halogenated alkanes) is 1. The van der Waals surface area contributed by atoms with Gasteiger partial charge in [-0.25, -0.2) is 0 Å². The highest BCUT2D eigenvalue weighted by Crippen LogP contribution is 2.24. The van der Waals surface area contributed by atoms with E-state index in [1.54, 1.807) is 0 Å². The highest BCUT2D eigenvalue weighted by Gasteiger charge is 2.36. The van der Waals surface area contributed by atoms with Crippen molar-refractivity contribution in [3.8, 4) is 0 Å². The smallest absolute Gasteiger partial charge is 0.222 e. The molecule has 2 atom stereocenters. The zero-order valence-electron chi connectivity index (χ0n) is 20.4. The number of carbonyl (C=O) groups is 3. The maximum absolute atomic E-state index is 12.8. The average molecular weight is 442 g/mol. The maximum atomic E-state index is 12.8. The molecule has 0 spiro atoms. The zero-order chi connectivity index (χ0) is 23.4. The Kier molecular flexibility index (Phi) is 13.1. The van der Waals surface area contributed by atoms with E-state index in [1.807, 2.05) is 46.4 Å². The lowest BCUT2D eigenvalue weighted by Crippen LogP contribution is -2.39. The van der Waals surface area contributed by atoms with E-state index in [2.05, 4.69) is 0 Å². The summed E-state index contributed by atoms with van der Waals surface area (Å²) in [5, 5.41) is 0. The fourth-order valence-corrected chi connectivity index (χ4v) is 3.59. The van der Waals surface area contributed by atoms with Crippen LogP contribution in [-0.4, -0.2) is 73.1 Å². The summed E-state index contributed by atoms with van der Waals surface area (Å²) in [7, 11) is 0. The number of hydrogen-bond donors (Lipinski definition) is 0. The van der Waals surface area contributed by atoms with E-state index in [4.69, 9.17) is 14.2 Å². The van der Waals surface area contributed by atoms with E-state index in [1.165, 1.54) is 0 Å². The minimum absolute atomic E-state index is 0.00352. The van der Waals surface area contributed by atoms with Crippen molar-refractivity contribution >= 4 is 17.5 Å². The molecule has 0 aromatic rings. The molecule has 1 aliphatic rings. The van der Waals surface area contributed by atoms with Crippen LogP contribution in [0.2, 0.25) is 0 Å². The molecule has 0 bridgehead atoms. The number of ketones is 2. The lowest BCUT2D eigenvalue weighted by molar-refractivity contribution is -0.134. The van der Waals surface area contributed by atoms with E-state index in [0.29, 0.717) is 45.3 Å². The van der Waals surface area contributed by atoms with Crippen molar-refractivity contribution in [1.82, 2.24) is 4.90 Å². The summed E-state index contributed by atoms with van der Waals surface area (Å²) in [6.07, 6.45) is 3.58. The molecule has 0 saturated carbocycles. The SMILES string of the molecule is CC(C)OC[C@@H]1C[C@@H](OC(C)C)CN1C(=O)CCCCC(=O)COCCC(=O)C(C)C. The molecule has 0 aliphatic carbocycles.